The molecule has 1 aliphatic heterocycles. The third-order valence-electron chi connectivity index (χ3n) is 4.23. The van der Waals surface area contributed by atoms with Crippen molar-refractivity contribution in [3.63, 3.8) is 0 Å². The number of nitrogens with zero attached hydrogens (tertiary/aromatic N) is 1. The second-order valence-electron chi connectivity index (χ2n) is 5.93. The van der Waals surface area contributed by atoms with Gasteiger partial charge in [-0.25, -0.2) is 0 Å². The van der Waals surface area contributed by atoms with E-state index in [0.717, 1.165) is 64.1 Å². The molecule has 2 rings (SSSR count). The summed E-state index contributed by atoms with van der Waals surface area (Å²) < 4.78 is 5.95. The summed E-state index contributed by atoms with van der Waals surface area (Å²) in [6, 6.07) is 6.36. The fourth-order valence-corrected chi connectivity index (χ4v) is 2.93. The SMILES string of the molecule is CCCCOc1cccc2c1CCN(CCCC(=O)O)CC2. The highest BCUT2D eigenvalue weighted by molar-refractivity contribution is 5.66. The number of hydrogen-bond acceptors (Lipinski definition) is 3. The fourth-order valence-electron chi connectivity index (χ4n) is 2.93. The maximum atomic E-state index is 10.6. The molecular weight excluding hydrogens is 278 g/mol. The zero-order chi connectivity index (χ0) is 15.8. The molecule has 0 aliphatic carbocycles. The highest BCUT2D eigenvalue weighted by Gasteiger charge is 2.17. The molecule has 0 fully saturated rings. The summed E-state index contributed by atoms with van der Waals surface area (Å²) in [6.07, 6.45) is 5.23. The molecule has 1 aromatic rings. The minimum Gasteiger partial charge on any atom is -0.493 e. The zero-order valence-corrected chi connectivity index (χ0v) is 13.5. The molecule has 1 aliphatic rings. The Morgan fingerprint density at radius 3 is 2.86 bits per heavy atom. The highest BCUT2D eigenvalue weighted by atomic mass is 16.5. The van der Waals surface area contributed by atoms with Crippen molar-refractivity contribution >= 4 is 5.97 Å². The number of hydrogen-bond donors (Lipinski definition) is 1. The quantitative estimate of drug-likeness (QED) is 0.750. The second kappa shape index (κ2) is 8.79. The van der Waals surface area contributed by atoms with Crippen LogP contribution in [0.2, 0.25) is 0 Å². The van der Waals surface area contributed by atoms with E-state index in [4.69, 9.17) is 9.84 Å². The summed E-state index contributed by atoms with van der Waals surface area (Å²) in [4.78, 5) is 13.0. The van der Waals surface area contributed by atoms with E-state index in [2.05, 4.69) is 30.0 Å². The summed E-state index contributed by atoms with van der Waals surface area (Å²) in [5.41, 5.74) is 2.73. The maximum absolute atomic E-state index is 10.6. The lowest BCUT2D eigenvalue weighted by atomic mass is 10.0. The van der Waals surface area contributed by atoms with Crippen LogP contribution >= 0.6 is 0 Å². The molecular formula is C18H27NO3. The van der Waals surface area contributed by atoms with Crippen molar-refractivity contribution in [3.05, 3.63) is 29.3 Å². The lowest BCUT2D eigenvalue weighted by Gasteiger charge is -2.19. The van der Waals surface area contributed by atoms with Crippen LogP contribution in [0.5, 0.6) is 5.75 Å². The van der Waals surface area contributed by atoms with Crippen molar-refractivity contribution in [1.82, 2.24) is 4.90 Å². The van der Waals surface area contributed by atoms with Crippen LogP contribution in [0.25, 0.3) is 0 Å². The lowest BCUT2D eigenvalue weighted by molar-refractivity contribution is -0.137. The molecule has 22 heavy (non-hydrogen) atoms. The van der Waals surface area contributed by atoms with Crippen molar-refractivity contribution in [2.24, 2.45) is 0 Å². The van der Waals surface area contributed by atoms with Gasteiger partial charge in [0.25, 0.3) is 0 Å². The van der Waals surface area contributed by atoms with E-state index >= 15 is 0 Å². The van der Waals surface area contributed by atoms with Gasteiger partial charge in [0.1, 0.15) is 5.75 Å². The number of carboxylic acids is 1. The molecule has 0 saturated carbocycles. The molecule has 1 aromatic carbocycles. The summed E-state index contributed by atoms with van der Waals surface area (Å²) in [5.74, 6) is 0.336. The summed E-state index contributed by atoms with van der Waals surface area (Å²) in [5, 5.41) is 8.74. The van der Waals surface area contributed by atoms with E-state index < -0.39 is 5.97 Å². The predicted molar refractivity (Wildman–Crippen MR) is 87.6 cm³/mol. The van der Waals surface area contributed by atoms with Crippen LogP contribution in [0, 0.1) is 0 Å². The average Bonchev–Trinajstić information content (AvgIpc) is 2.71. The Morgan fingerprint density at radius 2 is 2.09 bits per heavy atom. The summed E-state index contributed by atoms with van der Waals surface area (Å²) in [7, 11) is 0. The van der Waals surface area contributed by atoms with Crippen molar-refractivity contribution in [3.8, 4) is 5.75 Å². The normalized spacial score (nSPS) is 15.1. The first-order valence-electron chi connectivity index (χ1n) is 8.38. The molecule has 0 spiro atoms. The van der Waals surface area contributed by atoms with Crippen molar-refractivity contribution < 1.29 is 14.6 Å². The number of carbonyl (C=O) groups is 1. The van der Waals surface area contributed by atoms with Crippen molar-refractivity contribution in [1.29, 1.82) is 0 Å². The third-order valence-corrected chi connectivity index (χ3v) is 4.23. The molecule has 0 saturated heterocycles. The average molecular weight is 305 g/mol. The van der Waals surface area contributed by atoms with Crippen molar-refractivity contribution in [2.75, 3.05) is 26.2 Å². The van der Waals surface area contributed by atoms with Gasteiger partial charge in [0.15, 0.2) is 0 Å². The maximum Gasteiger partial charge on any atom is 0.303 e. The molecule has 0 amide bonds. The molecule has 122 valence electrons. The molecule has 1 N–H and O–H groups in total. The summed E-state index contributed by atoms with van der Waals surface area (Å²) in [6.45, 7) is 5.82. The summed E-state index contributed by atoms with van der Waals surface area (Å²) >= 11 is 0. The van der Waals surface area contributed by atoms with E-state index in [1.165, 1.54) is 11.1 Å². The monoisotopic (exact) mass is 305 g/mol. The first-order valence-corrected chi connectivity index (χ1v) is 8.38. The minimum absolute atomic E-state index is 0.259. The standard InChI is InChI=1S/C18H27NO3/c1-2-3-14-22-17-7-4-6-15-9-12-19(13-10-16(15)17)11-5-8-18(20)21/h4,6-7H,2-3,5,8-14H2,1H3,(H,20,21). The predicted octanol–water partition coefficient (Wildman–Crippen LogP) is 3.13. The zero-order valence-electron chi connectivity index (χ0n) is 13.5. The van der Waals surface area contributed by atoms with E-state index in [1.807, 2.05) is 0 Å². The number of rotatable bonds is 8. The van der Waals surface area contributed by atoms with Gasteiger partial charge >= 0.3 is 5.97 Å². The molecule has 0 bridgehead atoms. The molecule has 1 heterocycles. The van der Waals surface area contributed by atoms with Crippen LogP contribution in [-0.4, -0.2) is 42.2 Å². The van der Waals surface area contributed by atoms with Crippen LogP contribution in [0.3, 0.4) is 0 Å². The molecule has 0 radical (unpaired) electrons. The van der Waals surface area contributed by atoms with Gasteiger partial charge in [-0.1, -0.05) is 25.5 Å². The Labute approximate surface area is 133 Å². The smallest absolute Gasteiger partial charge is 0.303 e. The van der Waals surface area contributed by atoms with Gasteiger partial charge in [-0.15, -0.1) is 0 Å². The van der Waals surface area contributed by atoms with Crippen LogP contribution in [0.1, 0.15) is 43.7 Å². The topological polar surface area (TPSA) is 49.8 Å². The molecule has 4 heteroatoms. The van der Waals surface area contributed by atoms with E-state index in [9.17, 15) is 4.79 Å². The first kappa shape index (κ1) is 16.8. The van der Waals surface area contributed by atoms with Crippen LogP contribution in [0.4, 0.5) is 0 Å². The van der Waals surface area contributed by atoms with Crippen molar-refractivity contribution in [2.45, 2.75) is 45.4 Å². The van der Waals surface area contributed by atoms with Gasteiger partial charge in [-0.3, -0.25) is 4.79 Å². The van der Waals surface area contributed by atoms with Gasteiger partial charge in [-0.2, -0.15) is 0 Å². The second-order valence-corrected chi connectivity index (χ2v) is 5.93. The van der Waals surface area contributed by atoms with E-state index in [0.29, 0.717) is 0 Å². The van der Waals surface area contributed by atoms with E-state index in [-0.39, 0.29) is 6.42 Å². The van der Waals surface area contributed by atoms with Gasteiger partial charge in [0, 0.05) is 19.5 Å². The third kappa shape index (κ3) is 5.02. The van der Waals surface area contributed by atoms with Gasteiger partial charge in [0.2, 0.25) is 0 Å². The molecule has 0 atom stereocenters. The number of ether oxygens (including phenoxy) is 1. The van der Waals surface area contributed by atoms with Crippen LogP contribution in [-0.2, 0) is 17.6 Å². The highest BCUT2D eigenvalue weighted by Crippen LogP contribution is 2.26. The van der Waals surface area contributed by atoms with Gasteiger partial charge in [-0.05, 0) is 49.4 Å². The fraction of sp³-hybridized carbons (Fsp3) is 0.611. The van der Waals surface area contributed by atoms with Gasteiger partial charge < -0.3 is 14.7 Å². The number of benzene rings is 1. The lowest BCUT2D eigenvalue weighted by Crippen LogP contribution is -2.27. The number of carboxylic acid groups (broad SMARTS) is 1. The number of unbranched alkanes of at least 4 members (excludes halogenated alkanes) is 1. The minimum atomic E-state index is -0.704. The molecule has 0 unspecified atom stereocenters. The molecule has 4 nitrogen and oxygen atoms in total. The van der Waals surface area contributed by atoms with Crippen LogP contribution in [0.15, 0.2) is 18.2 Å². The molecule has 0 aromatic heterocycles. The van der Waals surface area contributed by atoms with Gasteiger partial charge in [0.05, 0.1) is 6.61 Å². The van der Waals surface area contributed by atoms with E-state index in [1.54, 1.807) is 0 Å². The Kier molecular flexibility index (Phi) is 6.72. The largest absolute Gasteiger partial charge is 0.493 e. The Morgan fingerprint density at radius 1 is 1.27 bits per heavy atom. The Bertz CT molecular complexity index is 487. The number of fused-ring (bicyclic) bond motifs is 1. The Balaban J connectivity index is 1.93. The number of aliphatic carboxylic acids is 1. The van der Waals surface area contributed by atoms with Crippen LogP contribution < -0.4 is 4.74 Å². The Hall–Kier alpha value is -1.55. The first-order chi connectivity index (χ1) is 10.7.